The molecule has 0 aliphatic heterocycles. The molecule has 0 bridgehead atoms. The lowest BCUT2D eigenvalue weighted by Gasteiger charge is -2.32. The van der Waals surface area contributed by atoms with E-state index in [9.17, 15) is 0 Å². The number of allylic oxidation sites excluding steroid dienone is 16. The fourth-order valence-corrected chi connectivity index (χ4v) is 10.7. The first-order valence-corrected chi connectivity index (χ1v) is 23.3. The predicted molar refractivity (Wildman–Crippen MR) is 278 cm³/mol. The van der Waals surface area contributed by atoms with Gasteiger partial charge in [-0.3, -0.25) is 0 Å². The lowest BCUT2D eigenvalue weighted by atomic mass is 9.77. The van der Waals surface area contributed by atoms with Gasteiger partial charge >= 0.3 is 0 Å². The highest BCUT2D eigenvalue weighted by molar-refractivity contribution is 6.17. The van der Waals surface area contributed by atoms with Gasteiger partial charge in [0, 0.05) is 56.7 Å². The summed E-state index contributed by atoms with van der Waals surface area (Å²) in [6, 6.07) is 64.5. The quantitative estimate of drug-likeness (QED) is 0.141. The highest BCUT2D eigenvalue weighted by Crippen LogP contribution is 2.46. The molecule has 3 unspecified atom stereocenters. The molecular weight excluding hydrogens is 797 g/mol. The van der Waals surface area contributed by atoms with Gasteiger partial charge in [-0.15, -0.1) is 0 Å². The van der Waals surface area contributed by atoms with Crippen molar-refractivity contribution in [2.45, 2.75) is 25.2 Å². The number of nitrogens with zero attached hydrogens (tertiary/aromatic N) is 2. The summed E-state index contributed by atoms with van der Waals surface area (Å²) in [6.45, 7) is 0. The van der Waals surface area contributed by atoms with E-state index in [-0.39, 0.29) is 5.92 Å². The van der Waals surface area contributed by atoms with E-state index in [0.29, 0.717) is 11.8 Å². The maximum atomic E-state index is 3.42. The molecule has 2 heteroatoms. The predicted octanol–water partition coefficient (Wildman–Crippen LogP) is 16.5. The smallest absolute Gasteiger partial charge is 0.0585 e. The molecule has 2 nitrogen and oxygen atoms in total. The summed E-state index contributed by atoms with van der Waals surface area (Å²) < 4.78 is 2.49. The van der Waals surface area contributed by atoms with Gasteiger partial charge in [-0.25, -0.2) is 0 Å². The minimum absolute atomic E-state index is 0.281. The zero-order valence-electron chi connectivity index (χ0n) is 36.8. The molecule has 3 atom stereocenters. The Morgan fingerprint density at radius 3 is 2.24 bits per heavy atom. The number of anilines is 2. The van der Waals surface area contributed by atoms with E-state index in [4.69, 9.17) is 0 Å². The van der Waals surface area contributed by atoms with Crippen molar-refractivity contribution < 1.29 is 0 Å². The molecule has 0 fully saturated rings. The van der Waals surface area contributed by atoms with Crippen molar-refractivity contribution in [3.8, 4) is 27.9 Å². The molecule has 7 aromatic carbocycles. The SMILES string of the molecule is c1cccc(-c2ccccc2N(C2=CC=C(c3ccc(C4=CC=CC5C=CC=CC45)cc3)CC2)c2cccc(-c3ccc(C4C=CC=CC4)c4c3c3ccccc3n4-c3ccccc3)c2)c#1. The summed E-state index contributed by atoms with van der Waals surface area (Å²) in [5.74, 6) is 1.10. The van der Waals surface area contributed by atoms with Crippen LogP contribution in [-0.2, 0) is 0 Å². The maximum absolute atomic E-state index is 3.42. The highest BCUT2D eigenvalue weighted by atomic mass is 15.2. The van der Waals surface area contributed by atoms with Crippen LogP contribution in [0.2, 0.25) is 0 Å². The number of rotatable bonds is 9. The Bertz CT molecular complexity index is 3380. The van der Waals surface area contributed by atoms with E-state index in [2.05, 4.69) is 252 Å². The Kier molecular flexibility index (Phi) is 10.2. The van der Waals surface area contributed by atoms with Crippen molar-refractivity contribution in [3.63, 3.8) is 0 Å². The third-order valence-electron chi connectivity index (χ3n) is 13.9. The highest BCUT2D eigenvalue weighted by Gasteiger charge is 2.26. The van der Waals surface area contributed by atoms with Crippen LogP contribution >= 0.6 is 0 Å². The van der Waals surface area contributed by atoms with Crippen LogP contribution in [0.5, 0.6) is 0 Å². The van der Waals surface area contributed by atoms with Crippen LogP contribution in [0.4, 0.5) is 11.4 Å². The van der Waals surface area contributed by atoms with Gasteiger partial charge in [0.25, 0.3) is 0 Å². The molecule has 1 heterocycles. The zero-order chi connectivity index (χ0) is 43.8. The second-order valence-corrected chi connectivity index (χ2v) is 17.7. The summed E-state index contributed by atoms with van der Waals surface area (Å²) in [7, 11) is 0. The van der Waals surface area contributed by atoms with Gasteiger partial charge in [-0.05, 0) is 113 Å². The van der Waals surface area contributed by atoms with Gasteiger partial charge in [-0.1, -0.05) is 194 Å². The lowest BCUT2D eigenvalue weighted by Crippen LogP contribution is -2.18. The Hall–Kier alpha value is -8.12. The topological polar surface area (TPSA) is 8.17 Å². The Balaban J connectivity index is 0.983. The molecule has 0 N–H and O–H groups in total. The largest absolute Gasteiger partial charge is 0.314 e. The molecule has 8 aromatic rings. The van der Waals surface area contributed by atoms with E-state index in [1.807, 2.05) is 6.07 Å². The summed E-state index contributed by atoms with van der Waals surface area (Å²) in [5.41, 5.74) is 18.4. The minimum atomic E-state index is 0.281. The normalized spacial score (nSPS) is 18.4. The van der Waals surface area contributed by atoms with Crippen molar-refractivity contribution in [1.82, 2.24) is 4.57 Å². The molecule has 66 heavy (non-hydrogen) atoms. The van der Waals surface area contributed by atoms with Crippen LogP contribution in [0.1, 0.15) is 41.9 Å². The Morgan fingerprint density at radius 2 is 1.39 bits per heavy atom. The van der Waals surface area contributed by atoms with Gasteiger partial charge in [0.1, 0.15) is 0 Å². The van der Waals surface area contributed by atoms with Crippen LogP contribution in [0.15, 0.2) is 242 Å². The van der Waals surface area contributed by atoms with Gasteiger partial charge in [0.2, 0.25) is 0 Å². The summed E-state index contributed by atoms with van der Waals surface area (Å²) in [6.07, 6.45) is 32.3. The van der Waals surface area contributed by atoms with Crippen molar-refractivity contribution in [2.75, 3.05) is 4.90 Å². The molecular formula is C64H48N2. The number of hydrogen-bond donors (Lipinski definition) is 0. The standard InChI is InChI=1S/C64H48N2/c1-4-18-48(19-5-1)57-29-12-14-32-61(57)65(53-40-38-46(39-41-53)45-34-36-50(37-35-45)56-31-17-23-47-22-10-11-28-55(47)56)54-27-16-24-51(44-54)58-42-43-59(49-20-6-2-7-21-49)64-63(58)60-30-13-15-33-62(60)66(64)52-25-8-3-9-26-52/h1-4,6-18,20,22-38,40,42-44,47,49,55H,21,39,41H2. The number of benzene rings is 6. The second kappa shape index (κ2) is 17.1. The van der Waals surface area contributed by atoms with Gasteiger partial charge in [0.05, 0.1) is 16.7 Å². The van der Waals surface area contributed by atoms with E-state index in [1.54, 1.807) is 0 Å². The number of aromatic nitrogens is 1. The maximum Gasteiger partial charge on any atom is 0.0585 e. The molecule has 314 valence electrons. The molecule has 0 amide bonds. The van der Waals surface area contributed by atoms with Crippen LogP contribution in [0.3, 0.4) is 0 Å². The van der Waals surface area contributed by atoms with Crippen molar-refractivity contribution in [1.29, 1.82) is 0 Å². The lowest BCUT2D eigenvalue weighted by molar-refractivity contribution is 0.678. The van der Waals surface area contributed by atoms with Crippen molar-refractivity contribution in [2.24, 2.45) is 11.8 Å². The van der Waals surface area contributed by atoms with Gasteiger partial charge in [-0.2, -0.15) is 0 Å². The summed E-state index contributed by atoms with van der Waals surface area (Å²) in [4.78, 5) is 2.49. The van der Waals surface area contributed by atoms with E-state index in [1.165, 1.54) is 72.2 Å². The second-order valence-electron chi connectivity index (χ2n) is 17.7. The monoisotopic (exact) mass is 844 g/mol. The molecule has 0 saturated carbocycles. The third kappa shape index (κ3) is 7.11. The van der Waals surface area contributed by atoms with Crippen LogP contribution in [-0.4, -0.2) is 4.57 Å². The average molecular weight is 845 g/mol. The first-order chi connectivity index (χ1) is 32.8. The molecule has 4 aliphatic rings. The van der Waals surface area contributed by atoms with Crippen LogP contribution in [0, 0.1) is 24.0 Å². The van der Waals surface area contributed by atoms with E-state index >= 15 is 0 Å². The molecule has 0 saturated heterocycles. The fourth-order valence-electron chi connectivity index (χ4n) is 10.7. The minimum Gasteiger partial charge on any atom is -0.314 e. The van der Waals surface area contributed by atoms with Crippen LogP contribution in [0.25, 0.3) is 60.9 Å². The molecule has 1 aromatic heterocycles. The van der Waals surface area contributed by atoms with E-state index in [0.717, 1.165) is 41.8 Å². The molecule has 12 rings (SSSR count). The van der Waals surface area contributed by atoms with Gasteiger partial charge < -0.3 is 9.47 Å². The number of hydrogen-bond acceptors (Lipinski definition) is 1. The summed E-state index contributed by atoms with van der Waals surface area (Å²) in [5, 5.41) is 2.54. The van der Waals surface area contributed by atoms with Crippen LogP contribution < -0.4 is 4.90 Å². The number of para-hydroxylation sites is 3. The van der Waals surface area contributed by atoms with Crippen molar-refractivity contribution >= 4 is 44.3 Å². The third-order valence-corrected chi connectivity index (χ3v) is 13.9. The Labute approximate surface area is 388 Å². The first kappa shape index (κ1) is 39.5. The zero-order valence-corrected chi connectivity index (χ0v) is 36.8. The molecule has 0 spiro atoms. The summed E-state index contributed by atoms with van der Waals surface area (Å²) >= 11 is 0. The first-order valence-electron chi connectivity index (χ1n) is 23.3. The van der Waals surface area contributed by atoms with Crippen molar-refractivity contribution in [3.05, 3.63) is 271 Å². The van der Waals surface area contributed by atoms with Gasteiger partial charge in [0.15, 0.2) is 0 Å². The molecule has 0 radical (unpaired) electrons. The average Bonchev–Trinajstić information content (AvgIpc) is 3.75. The Morgan fingerprint density at radius 1 is 0.576 bits per heavy atom. The van der Waals surface area contributed by atoms with E-state index < -0.39 is 0 Å². The number of fused-ring (bicyclic) bond motifs is 4. The molecule has 4 aliphatic carbocycles. The fraction of sp³-hybridized carbons (Fsp3) is 0.0938.